The fourth-order valence-corrected chi connectivity index (χ4v) is 24.6. The molecule has 145 heavy (non-hydrogen) atoms. The van der Waals surface area contributed by atoms with Crippen molar-refractivity contribution in [2.24, 2.45) is 42.2 Å². The zero-order chi connectivity index (χ0) is 106. The summed E-state index contributed by atoms with van der Waals surface area (Å²) in [6.45, 7) is 15.4. The molecule has 12 N–H and O–H groups in total. The van der Waals surface area contributed by atoms with E-state index in [0.29, 0.717) is 72.8 Å². The van der Waals surface area contributed by atoms with Gasteiger partial charge in [0.25, 0.3) is 22.2 Å². The van der Waals surface area contributed by atoms with Crippen LogP contribution in [0.5, 0.6) is 23.0 Å². The highest BCUT2D eigenvalue weighted by atomic mass is 32.2. The maximum Gasteiger partial charge on any atom is 0.348 e. The second kappa shape index (κ2) is 41.2. The SMILES string of the molecule is CCC(C)CCn1c(=O)c(C2=NP(=O)(OC)c3cc(NS(C)(=O)=O)ccc3N2)c(O)c2cc(F)ccc21.COP1(=O)N=C(c2c(O)c3cc(F)ccc3n(CC3CC3)c2=O)Nc2ccc(NS(C)(=O)=O)cc21.COP1(=O)N=C(c2c(O)c3cc(F)ccc3n(CCC(C)(C)C)c2=O)Nc2ccc(NS(C)(=O)=O)cc21.COP1(=O)N=C(c2c(O)c3cc(F)ccc3n(CCC(C)C)c2=O)Nc2ccc(NS(C)(=O)=O)cc21. The highest BCUT2D eigenvalue weighted by Crippen LogP contribution is 2.57. The van der Waals surface area contributed by atoms with Gasteiger partial charge in [0.05, 0.1) is 91.1 Å². The minimum atomic E-state index is -4.01. The van der Waals surface area contributed by atoms with Crippen molar-refractivity contribution >= 4 is 204 Å². The van der Waals surface area contributed by atoms with E-state index in [0.717, 1.165) is 68.6 Å². The van der Waals surface area contributed by atoms with Crippen molar-refractivity contribution in [3.8, 4) is 23.0 Å². The molecule has 17 rings (SSSR count). The number of halogens is 4. The molecule has 8 heterocycles. The van der Waals surface area contributed by atoms with Crippen molar-refractivity contribution in [2.45, 2.75) is 113 Å². The van der Waals surface area contributed by atoms with Gasteiger partial charge in [-0.25, -0.2) is 51.2 Å². The fraction of sp³-hybridized carbons (Fsp3) is 0.312. The second-order valence-electron chi connectivity index (χ2n) is 36.6. The zero-order valence-electron chi connectivity index (χ0n) is 80.6. The number of aromatic nitrogens is 4. The molecule has 8 aromatic carbocycles. The number of fused-ring (bicyclic) bond motifs is 8. The van der Waals surface area contributed by atoms with Crippen LogP contribution in [0.15, 0.2) is 184 Å². The Morgan fingerprint density at radius 2 is 0.641 bits per heavy atom. The van der Waals surface area contributed by atoms with E-state index in [1.807, 2.05) is 41.5 Å². The molecule has 5 aliphatic rings. The Hall–Kier alpha value is -12.8. The topological polar surface area (TPSA) is 556 Å². The van der Waals surface area contributed by atoms with Crippen LogP contribution in [0.4, 0.5) is 63.1 Å². The number of aromatic hydroxyl groups is 4. The molecular formula is C93H104F4N16O24P4S4. The Bertz CT molecular complexity index is 8490. The van der Waals surface area contributed by atoms with E-state index in [2.05, 4.69) is 66.1 Å². The van der Waals surface area contributed by atoms with Gasteiger partial charge in [-0.1, -0.05) is 54.9 Å². The molecule has 4 aromatic heterocycles. The first-order valence-corrected chi connectivity index (χ1v) is 58.5. The second-order valence-corrected chi connectivity index (χ2v) is 51.9. The van der Waals surface area contributed by atoms with Gasteiger partial charge < -0.3 is 78.1 Å². The van der Waals surface area contributed by atoms with E-state index in [-0.39, 0.29) is 152 Å². The monoisotopic (exact) mass is 2160 g/mol. The van der Waals surface area contributed by atoms with Crippen LogP contribution in [0.25, 0.3) is 43.6 Å². The Labute approximate surface area is 829 Å². The van der Waals surface area contributed by atoms with Gasteiger partial charge in [0, 0.05) is 98.9 Å². The molecule has 5 atom stereocenters. The van der Waals surface area contributed by atoms with Gasteiger partial charge in [-0.2, -0.15) is 19.1 Å². The first-order chi connectivity index (χ1) is 67.8. The van der Waals surface area contributed by atoms with E-state index < -0.39 is 139 Å². The van der Waals surface area contributed by atoms with Crippen LogP contribution in [0.2, 0.25) is 0 Å². The number of anilines is 8. The summed E-state index contributed by atoms with van der Waals surface area (Å²) in [7, 11) is -25.7. The summed E-state index contributed by atoms with van der Waals surface area (Å²) in [5, 5.41) is 56.7. The number of hydrogen-bond acceptors (Lipinski definition) is 28. The van der Waals surface area contributed by atoms with Crippen LogP contribution in [-0.2, 0) is 103 Å². The fourth-order valence-electron chi connectivity index (χ4n) is 16.3. The number of aryl methyl sites for hydroxylation is 3. The van der Waals surface area contributed by atoms with Gasteiger partial charge in [0.2, 0.25) is 40.1 Å². The number of hydrogen-bond donors (Lipinski definition) is 12. The normalized spacial score (nSPS) is 18.3. The number of sulfonamides is 4. The summed E-state index contributed by atoms with van der Waals surface area (Å²) in [5.74, 6) is -4.34. The molecular weight excluding hydrogens is 2050 g/mol. The van der Waals surface area contributed by atoms with E-state index in [9.17, 15) is 109 Å². The summed E-state index contributed by atoms with van der Waals surface area (Å²) in [5.41, 5.74) is -0.542. The lowest BCUT2D eigenvalue weighted by Gasteiger charge is -2.26. The summed E-state index contributed by atoms with van der Waals surface area (Å²) in [6, 6.07) is 32.0. The smallest absolute Gasteiger partial charge is 0.348 e. The average Bonchev–Trinajstić information content (AvgIpc) is 1.25. The van der Waals surface area contributed by atoms with Crippen LogP contribution >= 0.6 is 30.1 Å². The van der Waals surface area contributed by atoms with E-state index >= 15 is 0 Å². The third-order valence-electron chi connectivity index (χ3n) is 23.8. The first-order valence-electron chi connectivity index (χ1n) is 44.6. The highest BCUT2D eigenvalue weighted by molar-refractivity contribution is 7.92. The number of nitrogens with zero attached hydrogens (tertiary/aromatic N) is 8. The van der Waals surface area contributed by atoms with Gasteiger partial charge in [0.1, 0.15) is 68.5 Å². The molecule has 1 aliphatic carbocycles. The average molecular weight is 2160 g/mol. The number of amidine groups is 4. The maximum absolute atomic E-state index is 14.2. The van der Waals surface area contributed by atoms with Gasteiger partial charge in [-0.15, -0.1) is 0 Å². The molecule has 4 aliphatic heterocycles. The van der Waals surface area contributed by atoms with Gasteiger partial charge >= 0.3 is 30.1 Å². The van der Waals surface area contributed by atoms with Crippen LogP contribution in [0.3, 0.4) is 0 Å². The van der Waals surface area contributed by atoms with Gasteiger partial charge in [0.15, 0.2) is 23.3 Å². The summed E-state index contributed by atoms with van der Waals surface area (Å²) >= 11 is 0. The highest BCUT2D eigenvalue weighted by Gasteiger charge is 2.42. The molecule has 0 amide bonds. The number of pyridine rings is 4. The Morgan fingerprint density at radius 1 is 0.393 bits per heavy atom. The zero-order valence-corrected chi connectivity index (χ0v) is 87.5. The van der Waals surface area contributed by atoms with Crippen molar-refractivity contribution in [1.82, 2.24) is 18.3 Å². The molecule has 0 radical (unpaired) electrons. The number of rotatable bonds is 27. The van der Waals surface area contributed by atoms with Crippen molar-refractivity contribution in [2.75, 3.05) is 93.6 Å². The van der Waals surface area contributed by atoms with Crippen LogP contribution in [-0.4, -0.2) is 149 Å². The minimum Gasteiger partial charge on any atom is -0.506 e. The molecule has 1 saturated carbocycles. The number of nitrogens with one attached hydrogen (secondary N) is 8. The Balaban J connectivity index is 0.000000153. The minimum absolute atomic E-state index is 0.0757. The van der Waals surface area contributed by atoms with Gasteiger partial charge in [-0.3, -0.25) is 56.3 Å². The lowest BCUT2D eigenvalue weighted by molar-refractivity contribution is 0.350. The van der Waals surface area contributed by atoms with Crippen LogP contribution in [0.1, 0.15) is 109 Å². The molecule has 0 bridgehead atoms. The molecule has 0 saturated heterocycles. The molecule has 40 nitrogen and oxygen atoms in total. The molecule has 5 unspecified atom stereocenters. The standard InChI is InChI=1S/2C24H28FN4O6PS.C23H26FN4O6PS.C22H22FN4O6PS/c1-24(2,3)10-11-29-18-9-6-14(25)12-16(18)21(30)20(23(29)31)22-26-17-8-7-15(28-37(5,33)34)13-19(17)36(32,27-22)35-4;1-5-14(2)10-11-29-19-9-6-15(25)12-17(19)22(30)21(24(29)31)23-26-18-8-7-16(28-37(4,33)34)13-20(18)36(32,27-23)35-3;1-13(2)9-10-28-18-8-5-14(24)11-16(18)21(29)20(23(28)30)22-25-17-7-6-15(27-36(4,32)33)12-19(17)35(31,26-22)34-3;1-33-34(30)18-10-14(26-35(2,31)32)6-7-16(18)24-21(25-34)19-20(28)15-9-13(23)5-8-17(15)27(22(19)29)11-12-3-4-12/h6-9,12-13,28,30H,10-11H2,1-5H3,(H,26,27,32);6-9,12-14,28,30H,5,10-11H2,1-4H3,(H,26,27,32);5-8,11-13,27,29H,9-10H2,1-4H3,(H,25,26,31);5-10,12,26,28H,3-4,11H2,1-2H3,(H,24,25,30). The quantitative estimate of drug-likeness (QED) is 0.0168. The Morgan fingerprint density at radius 3 is 0.876 bits per heavy atom. The molecule has 12 aromatic rings. The Kier molecular flexibility index (Phi) is 30.7. The molecule has 772 valence electrons. The third-order valence-corrected chi connectivity index (χ3v) is 34.0. The lowest BCUT2D eigenvalue weighted by atomic mass is 9.92. The van der Waals surface area contributed by atoms with E-state index in [1.165, 1.54) is 168 Å². The number of benzene rings is 8. The molecule has 1 fully saturated rings. The molecule has 52 heteroatoms. The predicted molar refractivity (Wildman–Crippen MR) is 557 cm³/mol. The van der Waals surface area contributed by atoms with Crippen molar-refractivity contribution in [3.63, 3.8) is 0 Å². The summed E-state index contributed by atoms with van der Waals surface area (Å²) < 4.78 is 257. The van der Waals surface area contributed by atoms with Crippen LogP contribution < -0.4 is 83.6 Å². The van der Waals surface area contributed by atoms with Crippen molar-refractivity contribution in [1.29, 1.82) is 0 Å². The summed E-state index contributed by atoms with van der Waals surface area (Å²) in [4.78, 5) is 54.6. The predicted octanol–water partition coefficient (Wildman–Crippen LogP) is 14.5. The van der Waals surface area contributed by atoms with E-state index in [4.69, 9.17) is 18.1 Å². The lowest BCUT2D eigenvalue weighted by Crippen LogP contribution is -2.34. The summed E-state index contributed by atoms with van der Waals surface area (Å²) in [6.07, 6.45) is 8.67. The first kappa shape index (κ1) is 108. The van der Waals surface area contributed by atoms with Gasteiger partial charge in [-0.05, 0) is 201 Å². The van der Waals surface area contributed by atoms with Crippen molar-refractivity contribution < 1.29 is 108 Å². The molecule has 0 spiro atoms. The van der Waals surface area contributed by atoms with Crippen molar-refractivity contribution in [3.05, 3.63) is 233 Å². The largest absolute Gasteiger partial charge is 0.506 e. The van der Waals surface area contributed by atoms with E-state index in [1.54, 1.807) is 0 Å². The third kappa shape index (κ3) is 23.7. The van der Waals surface area contributed by atoms with Crippen LogP contribution in [0, 0.1) is 46.4 Å². The maximum atomic E-state index is 14.2.